The highest BCUT2D eigenvalue weighted by Crippen LogP contribution is 2.29. The number of ketones is 4. The minimum absolute atomic E-state index is 0.00231. The summed E-state index contributed by atoms with van der Waals surface area (Å²) in [6.45, 7) is 8.31. The van der Waals surface area contributed by atoms with Crippen molar-refractivity contribution in [3.8, 4) is 17.4 Å². The topological polar surface area (TPSA) is 215 Å². The maximum absolute atomic E-state index is 11.2. The van der Waals surface area contributed by atoms with E-state index in [2.05, 4.69) is 9.97 Å². The highest BCUT2D eigenvalue weighted by molar-refractivity contribution is 7.91. The van der Waals surface area contributed by atoms with Crippen molar-refractivity contribution in [2.45, 2.75) is 211 Å². The summed E-state index contributed by atoms with van der Waals surface area (Å²) in [4.78, 5) is 51.7. The molecule has 1 aromatic heterocycles. The van der Waals surface area contributed by atoms with Gasteiger partial charge in [0.25, 0.3) is 0 Å². The molecule has 75 heavy (non-hydrogen) atoms. The van der Waals surface area contributed by atoms with E-state index in [0.717, 1.165) is 109 Å². The maximum Gasteiger partial charge on any atom is 0.238 e. The quantitative estimate of drug-likeness (QED) is 0.175. The van der Waals surface area contributed by atoms with Gasteiger partial charge in [0, 0.05) is 41.5 Å². The first-order valence-electron chi connectivity index (χ1n) is 27.2. The summed E-state index contributed by atoms with van der Waals surface area (Å²) >= 11 is 5.93. The summed E-state index contributed by atoms with van der Waals surface area (Å²) in [7, 11) is -8.09. The predicted molar refractivity (Wildman–Crippen MR) is 301 cm³/mol. The third kappa shape index (κ3) is 25.9. The fraction of sp³-hybridized carbons (Fsp3) is 0.684. The number of Topliss-reactive ketones (excluding diaryl/α,β-unsaturated/α-hetero) is 4. The number of fused-ring (bicyclic) bond motifs is 1. The van der Waals surface area contributed by atoms with Crippen LogP contribution in [0.4, 0.5) is 0 Å². The maximum atomic E-state index is 11.2. The predicted octanol–water partition coefficient (Wildman–Crippen LogP) is 12.6. The Balaban J connectivity index is 0.000000246. The fourth-order valence-electron chi connectivity index (χ4n) is 9.28. The van der Waals surface area contributed by atoms with Crippen LogP contribution in [0.5, 0.6) is 17.4 Å². The Morgan fingerprint density at radius 1 is 0.493 bits per heavy atom. The van der Waals surface area contributed by atoms with Crippen LogP contribution in [0.3, 0.4) is 0 Å². The summed E-state index contributed by atoms with van der Waals surface area (Å²) in [5.74, 6) is 4.01. The normalized spacial score (nSPS) is 18.9. The largest absolute Gasteiger partial charge is 0.483 e. The summed E-state index contributed by atoms with van der Waals surface area (Å²) in [6.07, 6.45) is 31.7. The van der Waals surface area contributed by atoms with Gasteiger partial charge in [0.05, 0.1) is 33.0 Å². The lowest BCUT2D eigenvalue weighted by Gasteiger charge is -2.22. The zero-order valence-electron chi connectivity index (χ0n) is 46.0. The lowest BCUT2D eigenvalue weighted by molar-refractivity contribution is -0.123. The average molecular weight is 1120 g/mol. The van der Waals surface area contributed by atoms with Crippen LogP contribution in [-0.2, 0) is 48.7 Å². The standard InChI is InChI=1S/C18H15ClN2O3.C8H14O.C7H14O2S.C7H12O.C6H12O2S.C6H10O.C5H10O2S/c1-11(22)12(2)23-14-4-6-15(7-5-14)24-18-10-20-17-9-13(19)3-8-16(17)21-18;1-7(9)8-5-3-2-4-6-8;1-10(8,9)7-5-3-2-4-6-7;1-6(8)7-4-2-3-5-7;1-9(7,8)6-4-2-3-5-6;1-5(7)6-3-2-4-6;1-8(6,7)5-3-2-4-5/h3-10,12H,1-2H3;8H,2-6H2,1H3;7H,2-6H2,1H3;7H,2-5H2,1H3;6H,2-5H2,1H3;6H,2-4H2,1H3;5H,2-4H2,1H3. The first-order chi connectivity index (χ1) is 35.2. The van der Waals surface area contributed by atoms with E-state index in [1.807, 2.05) is 0 Å². The van der Waals surface area contributed by atoms with E-state index in [9.17, 15) is 44.4 Å². The average Bonchev–Trinajstić information content (AvgIpc) is 4.07. The zero-order valence-corrected chi connectivity index (χ0v) is 49.2. The molecule has 1 heterocycles. The van der Waals surface area contributed by atoms with Gasteiger partial charge in [-0.15, -0.1) is 0 Å². The fourth-order valence-corrected chi connectivity index (χ4v) is 13.0. The molecule has 9 rings (SSSR count). The van der Waals surface area contributed by atoms with Crippen LogP contribution in [0, 0.1) is 17.8 Å². The second-order valence-corrected chi connectivity index (χ2v) is 28.7. The molecule has 1 atom stereocenters. The van der Waals surface area contributed by atoms with Crippen molar-refractivity contribution in [2.75, 3.05) is 18.8 Å². The number of nitrogens with zero attached hydrogens (tertiary/aromatic N) is 2. The molecule has 0 amide bonds. The van der Waals surface area contributed by atoms with E-state index in [1.54, 1.807) is 76.4 Å². The van der Waals surface area contributed by atoms with Gasteiger partial charge in [0.2, 0.25) is 5.88 Å². The number of halogens is 1. The van der Waals surface area contributed by atoms with Gasteiger partial charge in [-0.1, -0.05) is 88.7 Å². The van der Waals surface area contributed by atoms with Gasteiger partial charge in [-0.2, -0.15) is 0 Å². The third-order valence-electron chi connectivity index (χ3n) is 14.9. The minimum Gasteiger partial charge on any atom is -0.483 e. The molecule has 422 valence electrons. The molecular weight excluding hydrogens is 1040 g/mol. The van der Waals surface area contributed by atoms with Crippen LogP contribution in [0.15, 0.2) is 48.7 Å². The summed E-state index contributed by atoms with van der Waals surface area (Å²) in [5.41, 5.74) is 1.41. The number of rotatable bonds is 11. The third-order valence-corrected chi connectivity index (χ3v) is 20.2. The number of benzene rings is 2. The number of aromatic nitrogens is 2. The lowest BCUT2D eigenvalue weighted by Crippen LogP contribution is -2.26. The van der Waals surface area contributed by atoms with Crippen LogP contribution in [0.25, 0.3) is 11.0 Å². The molecule has 18 heteroatoms. The number of hydrogen-bond acceptors (Lipinski definition) is 14. The van der Waals surface area contributed by atoms with Gasteiger partial charge in [0.15, 0.2) is 11.9 Å². The molecule has 6 aliphatic carbocycles. The summed E-state index contributed by atoms with van der Waals surface area (Å²) in [5, 5.41) is 0.571. The smallest absolute Gasteiger partial charge is 0.238 e. The molecular formula is C57H87ClN2O12S3. The number of sulfone groups is 3. The SMILES string of the molecule is CC(=O)C(C)Oc1ccc(Oc2cnc3cc(Cl)ccc3n2)cc1.CC(=O)C1CCC1.CC(=O)C1CCCC1.CC(=O)C1CCCCC1.CS(=O)(=O)C1CCC1.CS(=O)(=O)C1CCCC1.CS(=O)(=O)C1CCCCC1. The highest BCUT2D eigenvalue weighted by Gasteiger charge is 2.27. The van der Waals surface area contributed by atoms with Crippen molar-refractivity contribution < 1.29 is 53.9 Å². The number of carbonyl (C=O) groups is 4. The van der Waals surface area contributed by atoms with Gasteiger partial charge in [0.1, 0.15) is 58.4 Å². The van der Waals surface area contributed by atoms with Crippen molar-refractivity contribution in [3.63, 3.8) is 0 Å². The van der Waals surface area contributed by atoms with Crippen molar-refractivity contribution in [1.82, 2.24) is 9.97 Å². The van der Waals surface area contributed by atoms with Crippen LogP contribution in [-0.4, -0.2) is 99.0 Å². The number of carbonyl (C=O) groups excluding carboxylic acids is 4. The highest BCUT2D eigenvalue weighted by atomic mass is 35.5. The molecule has 2 aromatic carbocycles. The van der Waals surface area contributed by atoms with Crippen LogP contribution in [0.1, 0.15) is 189 Å². The van der Waals surface area contributed by atoms with Crippen molar-refractivity contribution in [2.24, 2.45) is 17.8 Å². The van der Waals surface area contributed by atoms with Crippen LogP contribution in [0.2, 0.25) is 5.02 Å². The molecule has 3 aromatic rings. The first kappa shape index (κ1) is 65.5. The molecule has 6 saturated carbocycles. The molecule has 0 saturated heterocycles. The van der Waals surface area contributed by atoms with Gasteiger partial charge < -0.3 is 9.47 Å². The molecule has 0 spiro atoms. The monoisotopic (exact) mass is 1120 g/mol. The molecule has 0 aliphatic heterocycles. The van der Waals surface area contributed by atoms with Gasteiger partial charge in [-0.25, -0.2) is 35.2 Å². The number of hydrogen-bond donors (Lipinski definition) is 0. The van der Waals surface area contributed by atoms with E-state index >= 15 is 0 Å². The first-order valence-corrected chi connectivity index (χ1v) is 33.4. The van der Waals surface area contributed by atoms with Gasteiger partial charge in [-0.3, -0.25) is 19.2 Å². The minimum atomic E-state index is -2.73. The Labute approximate surface area is 454 Å². The molecule has 6 fully saturated rings. The molecule has 0 bridgehead atoms. The van der Waals surface area contributed by atoms with E-state index in [0.29, 0.717) is 68.5 Å². The van der Waals surface area contributed by atoms with Crippen LogP contribution < -0.4 is 9.47 Å². The Morgan fingerprint density at radius 3 is 1.16 bits per heavy atom. The Morgan fingerprint density at radius 2 is 0.840 bits per heavy atom. The van der Waals surface area contributed by atoms with Crippen molar-refractivity contribution >= 4 is 75.3 Å². The van der Waals surface area contributed by atoms with E-state index < -0.39 is 35.6 Å². The Kier molecular flexibility index (Phi) is 28.7. The van der Waals surface area contributed by atoms with Crippen molar-refractivity contribution in [3.05, 3.63) is 53.7 Å². The second-order valence-electron chi connectivity index (χ2n) is 21.3. The lowest BCUT2D eigenvalue weighted by atomic mass is 9.83. The van der Waals surface area contributed by atoms with E-state index in [4.69, 9.17) is 21.1 Å². The molecule has 14 nitrogen and oxygen atoms in total. The molecule has 1 unspecified atom stereocenters. The van der Waals surface area contributed by atoms with Crippen molar-refractivity contribution in [1.29, 1.82) is 0 Å². The Bertz CT molecular complexity index is 2580. The Hall–Kier alpha value is -3.80. The van der Waals surface area contributed by atoms with E-state index in [1.165, 1.54) is 70.6 Å². The van der Waals surface area contributed by atoms with Gasteiger partial charge >= 0.3 is 0 Å². The molecule has 0 radical (unpaired) electrons. The summed E-state index contributed by atoms with van der Waals surface area (Å²) in [6, 6.07) is 12.3. The number of ether oxygens (including phenoxy) is 2. The molecule has 0 N–H and O–H groups in total. The summed E-state index contributed by atoms with van der Waals surface area (Å²) < 4.78 is 76.1. The van der Waals surface area contributed by atoms with Gasteiger partial charge in [-0.05, 0) is 154 Å². The second kappa shape index (κ2) is 32.8. The zero-order chi connectivity index (χ0) is 55.8. The van der Waals surface area contributed by atoms with Crippen LogP contribution >= 0.6 is 11.6 Å². The van der Waals surface area contributed by atoms with E-state index in [-0.39, 0.29) is 21.5 Å². The molecule has 6 aliphatic rings.